The largest absolute Gasteiger partial charge is 0.480 e. The summed E-state index contributed by atoms with van der Waals surface area (Å²) in [4.78, 5) is 13.2. The fraction of sp³-hybridized carbons (Fsp3) is 0.667. The molecule has 1 aliphatic heterocycles. The van der Waals surface area contributed by atoms with Gasteiger partial charge in [0.25, 0.3) is 0 Å². The van der Waals surface area contributed by atoms with Gasteiger partial charge in [-0.1, -0.05) is 19.1 Å². The zero-order valence-corrected chi connectivity index (χ0v) is 8.24. The molecular weight excluding hydrogens is 196 g/mol. The summed E-state index contributed by atoms with van der Waals surface area (Å²) in [6.45, 7) is 2.67. The van der Waals surface area contributed by atoms with Gasteiger partial charge in [0.05, 0.1) is 4.20 Å². The number of carboxylic acid groups (broad SMARTS) is 1. The van der Waals surface area contributed by atoms with Crippen LogP contribution in [0.15, 0.2) is 0 Å². The van der Waals surface area contributed by atoms with Crippen molar-refractivity contribution in [2.45, 2.75) is 6.92 Å². The summed E-state index contributed by atoms with van der Waals surface area (Å²) in [5.74, 6) is -0.561. The molecule has 1 fully saturated rings. The topological polar surface area (TPSA) is 52.6 Å². The Bertz CT molecular complexity index is 210. The number of rotatable bonds is 2. The maximum atomic E-state index is 10.3. The molecule has 0 aromatic rings. The van der Waals surface area contributed by atoms with Gasteiger partial charge in [0.1, 0.15) is 6.54 Å². The van der Waals surface area contributed by atoms with E-state index in [0.717, 1.165) is 4.20 Å². The SMILES string of the molecule is CC1CN(CC(=O)O)NSC1=S. The molecular formula is C6H10N2O2S2. The zero-order chi connectivity index (χ0) is 9.14. The summed E-state index contributed by atoms with van der Waals surface area (Å²) in [5, 5.41) is 10.1. The highest BCUT2D eigenvalue weighted by Crippen LogP contribution is 2.17. The first kappa shape index (κ1) is 9.91. The predicted octanol–water partition coefficient (Wildman–Crippen LogP) is 0.503. The molecule has 0 amide bonds. The fourth-order valence-corrected chi connectivity index (χ4v) is 1.73. The van der Waals surface area contributed by atoms with Gasteiger partial charge in [-0.2, -0.15) is 4.83 Å². The van der Waals surface area contributed by atoms with Gasteiger partial charge in [-0.25, -0.2) is 5.01 Å². The second-order valence-electron chi connectivity index (χ2n) is 2.69. The number of thiocarbonyl (C=S) groups is 1. The highest BCUT2D eigenvalue weighted by atomic mass is 32.2. The van der Waals surface area contributed by atoms with Crippen molar-refractivity contribution in [3.05, 3.63) is 0 Å². The molecule has 1 aliphatic rings. The Hall–Kier alpha value is -0.170. The quantitative estimate of drug-likeness (QED) is 0.507. The average Bonchev–Trinajstić information content (AvgIpc) is 1.96. The Morgan fingerprint density at radius 3 is 3.17 bits per heavy atom. The Morgan fingerprint density at radius 1 is 2.00 bits per heavy atom. The standard InChI is InChI=1S/C6H10N2O2S2/c1-4-2-8(3-5(9)10)7-12-6(4)11/h4,7H,2-3H2,1H3,(H,9,10). The first-order valence-electron chi connectivity index (χ1n) is 3.52. The molecule has 1 unspecified atom stereocenters. The van der Waals surface area contributed by atoms with E-state index in [1.54, 1.807) is 5.01 Å². The van der Waals surface area contributed by atoms with E-state index in [-0.39, 0.29) is 12.5 Å². The lowest BCUT2D eigenvalue weighted by Crippen LogP contribution is -2.46. The number of hydrogen-bond donors (Lipinski definition) is 2. The van der Waals surface area contributed by atoms with Crippen LogP contribution in [0.2, 0.25) is 0 Å². The van der Waals surface area contributed by atoms with Crippen molar-refractivity contribution in [2.24, 2.45) is 5.92 Å². The number of nitrogens with one attached hydrogen (secondary N) is 1. The lowest BCUT2D eigenvalue weighted by atomic mass is 10.2. The Labute approximate surface area is 80.4 Å². The Balaban J connectivity index is 2.40. The second kappa shape index (κ2) is 4.18. The average molecular weight is 206 g/mol. The summed E-state index contributed by atoms with van der Waals surface area (Å²) in [7, 11) is 0. The van der Waals surface area contributed by atoms with Crippen LogP contribution < -0.4 is 4.83 Å². The molecule has 12 heavy (non-hydrogen) atoms. The van der Waals surface area contributed by atoms with E-state index in [9.17, 15) is 4.79 Å². The highest BCUT2D eigenvalue weighted by molar-refractivity contribution is 8.21. The van der Waals surface area contributed by atoms with Crippen LogP contribution in [0.1, 0.15) is 6.92 Å². The third kappa shape index (κ3) is 2.71. The number of carboxylic acids is 1. The van der Waals surface area contributed by atoms with E-state index in [0.29, 0.717) is 6.54 Å². The molecule has 6 heteroatoms. The number of hydrazine groups is 1. The van der Waals surface area contributed by atoms with Crippen LogP contribution in [-0.4, -0.2) is 33.4 Å². The van der Waals surface area contributed by atoms with Crippen LogP contribution in [0, 0.1) is 5.92 Å². The molecule has 68 valence electrons. The molecule has 0 radical (unpaired) electrons. The van der Waals surface area contributed by atoms with Crippen molar-refractivity contribution in [1.82, 2.24) is 9.84 Å². The van der Waals surface area contributed by atoms with E-state index >= 15 is 0 Å². The normalized spacial score (nSPS) is 25.8. The van der Waals surface area contributed by atoms with Crippen molar-refractivity contribution in [3.63, 3.8) is 0 Å². The molecule has 0 aromatic heterocycles. The van der Waals surface area contributed by atoms with E-state index in [2.05, 4.69) is 4.83 Å². The van der Waals surface area contributed by atoms with Crippen LogP contribution in [-0.2, 0) is 4.79 Å². The van der Waals surface area contributed by atoms with E-state index < -0.39 is 5.97 Å². The molecule has 0 aromatic carbocycles. The van der Waals surface area contributed by atoms with Gasteiger partial charge in [0, 0.05) is 12.5 Å². The summed E-state index contributed by atoms with van der Waals surface area (Å²) in [6, 6.07) is 0. The molecule has 0 saturated carbocycles. The smallest absolute Gasteiger partial charge is 0.319 e. The van der Waals surface area contributed by atoms with Crippen molar-refractivity contribution < 1.29 is 9.90 Å². The molecule has 4 nitrogen and oxygen atoms in total. The van der Waals surface area contributed by atoms with E-state index in [1.807, 2.05) is 6.92 Å². The van der Waals surface area contributed by atoms with E-state index in [4.69, 9.17) is 17.3 Å². The first-order chi connectivity index (χ1) is 5.59. The molecule has 0 bridgehead atoms. The third-order valence-electron chi connectivity index (χ3n) is 1.50. The Kier molecular flexibility index (Phi) is 3.45. The molecule has 1 heterocycles. The molecule has 2 N–H and O–H groups in total. The number of aliphatic carboxylic acids is 1. The van der Waals surface area contributed by atoms with Gasteiger partial charge in [0.2, 0.25) is 0 Å². The number of carbonyl (C=O) groups is 1. The van der Waals surface area contributed by atoms with Gasteiger partial charge >= 0.3 is 5.97 Å². The second-order valence-corrected chi connectivity index (χ2v) is 4.21. The van der Waals surface area contributed by atoms with Crippen LogP contribution >= 0.6 is 24.2 Å². The van der Waals surface area contributed by atoms with Gasteiger partial charge < -0.3 is 5.11 Å². The van der Waals surface area contributed by atoms with Crippen LogP contribution in [0.25, 0.3) is 0 Å². The van der Waals surface area contributed by atoms with Gasteiger partial charge in [-0.3, -0.25) is 4.79 Å². The van der Waals surface area contributed by atoms with Crippen LogP contribution in [0.4, 0.5) is 0 Å². The zero-order valence-electron chi connectivity index (χ0n) is 6.61. The molecule has 1 atom stereocenters. The molecule has 1 saturated heterocycles. The van der Waals surface area contributed by atoms with Crippen molar-refractivity contribution in [3.8, 4) is 0 Å². The minimum Gasteiger partial charge on any atom is -0.480 e. The predicted molar refractivity (Wildman–Crippen MR) is 51.7 cm³/mol. The van der Waals surface area contributed by atoms with Crippen LogP contribution in [0.5, 0.6) is 0 Å². The summed E-state index contributed by atoms with van der Waals surface area (Å²) in [5.41, 5.74) is 0. The van der Waals surface area contributed by atoms with Gasteiger partial charge in [-0.15, -0.1) is 0 Å². The van der Waals surface area contributed by atoms with Gasteiger partial charge in [0.15, 0.2) is 0 Å². The minimum atomic E-state index is -0.830. The number of nitrogens with zero attached hydrogens (tertiary/aromatic N) is 1. The lowest BCUT2D eigenvalue weighted by molar-refractivity contribution is -0.138. The molecule has 1 rings (SSSR count). The summed E-state index contributed by atoms with van der Waals surface area (Å²) < 4.78 is 0.886. The monoisotopic (exact) mass is 206 g/mol. The Morgan fingerprint density at radius 2 is 2.67 bits per heavy atom. The maximum Gasteiger partial charge on any atom is 0.319 e. The fourth-order valence-electron chi connectivity index (χ4n) is 0.913. The number of hydrogen-bond acceptors (Lipinski definition) is 5. The lowest BCUT2D eigenvalue weighted by Gasteiger charge is -2.29. The van der Waals surface area contributed by atoms with Crippen LogP contribution in [0.3, 0.4) is 0 Å². The van der Waals surface area contributed by atoms with Crippen molar-refractivity contribution >= 4 is 34.3 Å². The van der Waals surface area contributed by atoms with E-state index in [1.165, 1.54) is 11.9 Å². The third-order valence-corrected chi connectivity index (χ3v) is 3.10. The summed E-state index contributed by atoms with van der Waals surface area (Å²) in [6.07, 6.45) is 0. The van der Waals surface area contributed by atoms with Gasteiger partial charge in [-0.05, 0) is 11.9 Å². The molecule has 0 aliphatic carbocycles. The first-order valence-corrected chi connectivity index (χ1v) is 4.75. The van der Waals surface area contributed by atoms with Crippen molar-refractivity contribution in [1.29, 1.82) is 0 Å². The minimum absolute atomic E-state index is 0.0138. The van der Waals surface area contributed by atoms with Crippen molar-refractivity contribution in [2.75, 3.05) is 13.1 Å². The summed E-state index contributed by atoms with van der Waals surface area (Å²) >= 11 is 6.34. The maximum absolute atomic E-state index is 10.3. The highest BCUT2D eigenvalue weighted by Gasteiger charge is 2.22. The molecule has 0 spiro atoms.